The van der Waals surface area contributed by atoms with Gasteiger partial charge in [0.25, 0.3) is 0 Å². The van der Waals surface area contributed by atoms with Crippen molar-refractivity contribution in [2.45, 2.75) is 25.3 Å². The molecular formula is C14H16N2O. The zero-order valence-corrected chi connectivity index (χ0v) is 9.94. The van der Waals surface area contributed by atoms with Crippen LogP contribution in [0, 0.1) is 0 Å². The predicted molar refractivity (Wildman–Crippen MR) is 66.7 cm³/mol. The summed E-state index contributed by atoms with van der Waals surface area (Å²) in [6.45, 7) is 0.865. The molecule has 1 saturated carbocycles. The molecule has 88 valence electrons. The number of nitrogens with zero attached hydrogens (tertiary/aromatic N) is 1. The third-order valence-electron chi connectivity index (χ3n) is 3.07. The molecule has 3 heteroatoms. The van der Waals surface area contributed by atoms with Crippen LogP contribution < -0.4 is 5.32 Å². The normalized spacial score (nSPS) is 15.1. The first-order valence-electron chi connectivity index (χ1n) is 6.06. The molecule has 0 atom stereocenters. The van der Waals surface area contributed by atoms with E-state index in [2.05, 4.69) is 22.4 Å². The third-order valence-corrected chi connectivity index (χ3v) is 3.07. The van der Waals surface area contributed by atoms with Gasteiger partial charge in [-0.15, -0.1) is 0 Å². The molecule has 1 aliphatic carbocycles. The van der Waals surface area contributed by atoms with Gasteiger partial charge in [0.05, 0.1) is 5.69 Å². The summed E-state index contributed by atoms with van der Waals surface area (Å²) >= 11 is 0. The zero-order chi connectivity index (χ0) is 11.7. The molecule has 0 radical (unpaired) electrons. The minimum absolute atomic E-state index is 0.646. The van der Waals surface area contributed by atoms with E-state index in [9.17, 15) is 0 Å². The number of oxazole rings is 1. The highest BCUT2D eigenvalue weighted by Gasteiger charge is 2.27. The second-order valence-electron chi connectivity index (χ2n) is 4.58. The van der Waals surface area contributed by atoms with E-state index in [0.717, 1.165) is 23.7 Å². The van der Waals surface area contributed by atoms with Crippen LogP contribution in [0.15, 0.2) is 34.9 Å². The lowest BCUT2D eigenvalue weighted by Gasteiger charge is -2.01. The molecule has 17 heavy (non-hydrogen) atoms. The van der Waals surface area contributed by atoms with Crippen molar-refractivity contribution < 1.29 is 4.42 Å². The second-order valence-corrected chi connectivity index (χ2v) is 4.58. The van der Waals surface area contributed by atoms with Gasteiger partial charge in [-0.05, 0) is 37.6 Å². The molecule has 0 saturated heterocycles. The molecular weight excluding hydrogens is 212 g/mol. The van der Waals surface area contributed by atoms with Crippen LogP contribution in [0.1, 0.15) is 30.0 Å². The SMILES string of the molecule is CNCc1cccc(-c2nc(C3CC3)co2)c1. The average molecular weight is 228 g/mol. The number of hydrogen-bond acceptors (Lipinski definition) is 3. The van der Waals surface area contributed by atoms with Crippen molar-refractivity contribution in [2.75, 3.05) is 7.05 Å². The summed E-state index contributed by atoms with van der Waals surface area (Å²) in [4.78, 5) is 4.56. The minimum atomic E-state index is 0.646. The van der Waals surface area contributed by atoms with Crippen LogP contribution in [0.4, 0.5) is 0 Å². The smallest absolute Gasteiger partial charge is 0.226 e. The Balaban J connectivity index is 1.88. The van der Waals surface area contributed by atoms with E-state index in [1.807, 2.05) is 19.2 Å². The first-order valence-corrected chi connectivity index (χ1v) is 6.06. The molecule has 0 aliphatic heterocycles. The maximum absolute atomic E-state index is 5.55. The van der Waals surface area contributed by atoms with Crippen molar-refractivity contribution in [1.82, 2.24) is 10.3 Å². The van der Waals surface area contributed by atoms with Crippen LogP contribution in [-0.4, -0.2) is 12.0 Å². The van der Waals surface area contributed by atoms with E-state index in [1.54, 1.807) is 6.26 Å². The number of rotatable bonds is 4. The molecule has 0 spiro atoms. The van der Waals surface area contributed by atoms with E-state index in [1.165, 1.54) is 18.4 Å². The largest absolute Gasteiger partial charge is 0.444 e. The van der Waals surface area contributed by atoms with Gasteiger partial charge < -0.3 is 9.73 Å². The average Bonchev–Trinajstić information content (AvgIpc) is 3.08. The number of nitrogens with one attached hydrogen (secondary N) is 1. The van der Waals surface area contributed by atoms with Crippen LogP contribution >= 0.6 is 0 Å². The molecule has 2 aromatic rings. The molecule has 1 heterocycles. The number of hydrogen-bond donors (Lipinski definition) is 1. The first-order chi connectivity index (χ1) is 8.36. The summed E-state index contributed by atoms with van der Waals surface area (Å²) < 4.78 is 5.55. The van der Waals surface area contributed by atoms with Gasteiger partial charge in [-0.3, -0.25) is 0 Å². The summed E-state index contributed by atoms with van der Waals surface area (Å²) in [5, 5.41) is 3.15. The first kappa shape index (κ1) is 10.5. The van der Waals surface area contributed by atoms with Gasteiger partial charge >= 0.3 is 0 Å². The van der Waals surface area contributed by atoms with E-state index in [-0.39, 0.29) is 0 Å². The third kappa shape index (κ3) is 2.24. The molecule has 0 unspecified atom stereocenters. The zero-order valence-electron chi connectivity index (χ0n) is 9.94. The van der Waals surface area contributed by atoms with E-state index in [0.29, 0.717) is 5.92 Å². The molecule has 1 aromatic carbocycles. The fourth-order valence-electron chi connectivity index (χ4n) is 2.00. The standard InChI is InChI=1S/C14H16N2O/c1-15-8-10-3-2-4-12(7-10)14-16-13(9-17-14)11-5-6-11/h2-4,7,9,11,15H,5-6,8H2,1H3. The van der Waals surface area contributed by atoms with Crippen LogP contribution in [0.5, 0.6) is 0 Å². The Hall–Kier alpha value is -1.61. The van der Waals surface area contributed by atoms with Gasteiger partial charge in [-0.25, -0.2) is 4.98 Å². The number of aromatic nitrogens is 1. The maximum atomic E-state index is 5.55. The van der Waals surface area contributed by atoms with Crippen molar-refractivity contribution >= 4 is 0 Å². The monoisotopic (exact) mass is 228 g/mol. The molecule has 3 nitrogen and oxygen atoms in total. The molecule has 0 amide bonds. The van der Waals surface area contributed by atoms with Crippen LogP contribution in [-0.2, 0) is 6.54 Å². The highest BCUT2D eigenvalue weighted by molar-refractivity contribution is 5.54. The molecule has 3 rings (SSSR count). The van der Waals surface area contributed by atoms with Crippen molar-refractivity contribution in [1.29, 1.82) is 0 Å². The second kappa shape index (κ2) is 4.34. The lowest BCUT2D eigenvalue weighted by Crippen LogP contribution is -2.04. The summed E-state index contributed by atoms with van der Waals surface area (Å²) in [7, 11) is 1.95. The van der Waals surface area contributed by atoms with E-state index in [4.69, 9.17) is 4.42 Å². The lowest BCUT2D eigenvalue weighted by molar-refractivity contribution is 0.572. The highest BCUT2D eigenvalue weighted by Crippen LogP contribution is 2.40. The molecule has 0 bridgehead atoms. The Labute approximate surface area is 101 Å². The van der Waals surface area contributed by atoms with Crippen LogP contribution in [0.3, 0.4) is 0 Å². The summed E-state index contributed by atoms with van der Waals surface area (Å²) in [6.07, 6.45) is 4.31. The van der Waals surface area contributed by atoms with Crippen molar-refractivity contribution in [3.63, 3.8) is 0 Å². The summed E-state index contributed by atoms with van der Waals surface area (Å²) in [6, 6.07) is 8.31. The fourth-order valence-corrected chi connectivity index (χ4v) is 2.00. The summed E-state index contributed by atoms with van der Waals surface area (Å²) in [5.74, 6) is 1.39. The van der Waals surface area contributed by atoms with Gasteiger partial charge in [0.1, 0.15) is 6.26 Å². The topological polar surface area (TPSA) is 38.1 Å². The quantitative estimate of drug-likeness (QED) is 0.874. The van der Waals surface area contributed by atoms with Gasteiger partial charge in [0.2, 0.25) is 5.89 Å². The molecule has 1 N–H and O–H groups in total. The molecule has 1 aromatic heterocycles. The molecule has 1 aliphatic rings. The van der Waals surface area contributed by atoms with Crippen LogP contribution in [0.2, 0.25) is 0 Å². The number of benzene rings is 1. The Morgan fingerprint density at radius 1 is 1.41 bits per heavy atom. The predicted octanol–water partition coefficient (Wildman–Crippen LogP) is 2.94. The Bertz CT molecular complexity index is 514. The van der Waals surface area contributed by atoms with Gasteiger partial charge in [-0.1, -0.05) is 12.1 Å². The fraction of sp³-hybridized carbons (Fsp3) is 0.357. The minimum Gasteiger partial charge on any atom is -0.444 e. The summed E-state index contributed by atoms with van der Waals surface area (Å²) in [5.41, 5.74) is 3.42. The van der Waals surface area contributed by atoms with E-state index >= 15 is 0 Å². The van der Waals surface area contributed by atoms with Crippen molar-refractivity contribution in [3.05, 3.63) is 41.8 Å². The highest BCUT2D eigenvalue weighted by atomic mass is 16.3. The van der Waals surface area contributed by atoms with E-state index < -0.39 is 0 Å². The van der Waals surface area contributed by atoms with Gasteiger partial charge in [-0.2, -0.15) is 0 Å². The lowest BCUT2D eigenvalue weighted by atomic mass is 10.1. The van der Waals surface area contributed by atoms with Gasteiger partial charge in [0.15, 0.2) is 0 Å². The Morgan fingerprint density at radius 2 is 2.29 bits per heavy atom. The Kier molecular flexibility index (Phi) is 2.69. The van der Waals surface area contributed by atoms with Crippen molar-refractivity contribution in [3.8, 4) is 11.5 Å². The maximum Gasteiger partial charge on any atom is 0.226 e. The molecule has 1 fully saturated rings. The van der Waals surface area contributed by atoms with Gasteiger partial charge in [0, 0.05) is 18.0 Å². The van der Waals surface area contributed by atoms with Crippen molar-refractivity contribution in [2.24, 2.45) is 0 Å². The Morgan fingerprint density at radius 3 is 3.06 bits per heavy atom. The van der Waals surface area contributed by atoms with Crippen LogP contribution in [0.25, 0.3) is 11.5 Å².